The Hall–Kier alpha value is -4.24. The van der Waals surface area contributed by atoms with Crippen LogP contribution in [0.5, 0.6) is 5.75 Å². The molecule has 0 aliphatic heterocycles. The highest BCUT2D eigenvalue weighted by Crippen LogP contribution is 2.30. The molecule has 0 spiro atoms. The van der Waals surface area contributed by atoms with E-state index in [0.717, 1.165) is 27.9 Å². The Morgan fingerprint density at radius 1 is 1.03 bits per heavy atom. The second kappa shape index (κ2) is 12.1. The Balaban J connectivity index is 0.000000233. The van der Waals surface area contributed by atoms with Gasteiger partial charge in [-0.3, -0.25) is 18.8 Å². The van der Waals surface area contributed by atoms with Gasteiger partial charge in [0.1, 0.15) is 5.75 Å². The van der Waals surface area contributed by atoms with Gasteiger partial charge in [-0.25, -0.2) is 0 Å². The molecule has 0 aliphatic rings. The molecule has 2 amide bonds. The van der Waals surface area contributed by atoms with E-state index >= 15 is 0 Å². The SMILES string of the molecule is CN(C)C(=O)c1cccc(S(C)=O)c1.COc1cccc(Nc2c(C(N)=O)cnc3ccc(C)cc23)c1. The lowest BCUT2D eigenvalue weighted by atomic mass is 10.1. The van der Waals surface area contributed by atoms with Crippen LogP contribution in [-0.2, 0) is 10.8 Å². The molecule has 3 N–H and O–H groups in total. The van der Waals surface area contributed by atoms with E-state index in [0.29, 0.717) is 21.7 Å². The molecule has 0 saturated heterocycles. The number of nitrogens with one attached hydrogen (secondary N) is 1. The third-order valence-electron chi connectivity index (χ3n) is 5.45. The van der Waals surface area contributed by atoms with Crippen molar-refractivity contribution in [2.45, 2.75) is 11.8 Å². The van der Waals surface area contributed by atoms with Crippen molar-refractivity contribution in [3.05, 3.63) is 89.6 Å². The first-order valence-corrected chi connectivity index (χ1v) is 12.9. The van der Waals surface area contributed by atoms with E-state index in [9.17, 15) is 13.8 Å². The van der Waals surface area contributed by atoms with Crippen LogP contribution in [0, 0.1) is 6.92 Å². The number of anilines is 2. The smallest absolute Gasteiger partial charge is 0.253 e. The Kier molecular flexibility index (Phi) is 8.97. The fourth-order valence-corrected chi connectivity index (χ4v) is 4.10. The van der Waals surface area contributed by atoms with Crippen molar-refractivity contribution in [2.24, 2.45) is 5.73 Å². The first-order valence-electron chi connectivity index (χ1n) is 11.4. The zero-order valence-electron chi connectivity index (χ0n) is 21.4. The average molecular weight is 519 g/mol. The highest BCUT2D eigenvalue weighted by Gasteiger charge is 2.14. The minimum atomic E-state index is -1.04. The van der Waals surface area contributed by atoms with Gasteiger partial charge in [-0.2, -0.15) is 0 Å². The van der Waals surface area contributed by atoms with Gasteiger partial charge in [-0.1, -0.05) is 23.8 Å². The van der Waals surface area contributed by atoms with Crippen molar-refractivity contribution < 1.29 is 18.5 Å². The van der Waals surface area contributed by atoms with E-state index in [4.69, 9.17) is 10.5 Å². The van der Waals surface area contributed by atoms with Gasteiger partial charge in [-0.05, 0) is 49.4 Å². The molecule has 0 fully saturated rings. The number of carbonyl (C=O) groups is 2. The normalized spacial score (nSPS) is 11.2. The maximum Gasteiger partial charge on any atom is 0.253 e. The molecule has 1 atom stereocenters. The zero-order valence-corrected chi connectivity index (χ0v) is 22.3. The van der Waals surface area contributed by atoms with Crippen molar-refractivity contribution in [1.29, 1.82) is 0 Å². The predicted octanol–water partition coefficient (Wildman–Crippen LogP) is 4.52. The first-order chi connectivity index (χ1) is 17.6. The number of primary amides is 1. The summed E-state index contributed by atoms with van der Waals surface area (Å²) in [4.78, 5) is 29.8. The predicted molar refractivity (Wildman–Crippen MR) is 148 cm³/mol. The molecule has 0 bridgehead atoms. The minimum absolute atomic E-state index is 0.0719. The van der Waals surface area contributed by atoms with Crippen LogP contribution in [-0.4, -0.2) is 53.4 Å². The maximum atomic E-state index is 11.8. The topological polar surface area (TPSA) is 115 Å². The summed E-state index contributed by atoms with van der Waals surface area (Å²) in [6.07, 6.45) is 3.10. The van der Waals surface area contributed by atoms with E-state index in [2.05, 4.69) is 10.3 Å². The molecule has 3 aromatic carbocycles. The lowest BCUT2D eigenvalue weighted by molar-refractivity contribution is 0.0827. The number of amides is 2. The summed E-state index contributed by atoms with van der Waals surface area (Å²) in [7, 11) is 3.96. The van der Waals surface area contributed by atoms with Gasteiger partial charge >= 0.3 is 0 Å². The first kappa shape index (κ1) is 27.3. The van der Waals surface area contributed by atoms with Crippen LogP contribution in [0.3, 0.4) is 0 Å². The van der Waals surface area contributed by atoms with E-state index in [-0.39, 0.29) is 5.91 Å². The van der Waals surface area contributed by atoms with Crippen LogP contribution in [0.1, 0.15) is 26.3 Å². The van der Waals surface area contributed by atoms with Gasteiger partial charge in [-0.15, -0.1) is 0 Å². The average Bonchev–Trinajstić information content (AvgIpc) is 2.88. The lowest BCUT2D eigenvalue weighted by Crippen LogP contribution is -2.21. The Morgan fingerprint density at radius 2 is 1.76 bits per heavy atom. The quantitative estimate of drug-likeness (QED) is 0.388. The summed E-state index contributed by atoms with van der Waals surface area (Å²) in [5.74, 6) is 0.133. The molecule has 1 unspecified atom stereocenters. The molecule has 0 aliphatic carbocycles. The van der Waals surface area contributed by atoms with Gasteiger partial charge in [0.15, 0.2) is 0 Å². The van der Waals surface area contributed by atoms with Crippen LogP contribution >= 0.6 is 0 Å². The fraction of sp³-hybridized carbons (Fsp3) is 0.179. The summed E-state index contributed by atoms with van der Waals surface area (Å²) >= 11 is 0. The standard InChI is InChI=1S/C18H17N3O2.C10H13NO2S/c1-11-6-7-16-14(8-11)17(15(10-20-16)18(19)22)21-12-4-3-5-13(9-12)23-2;1-11(2)10(12)8-5-4-6-9(7-8)14(3)13/h3-10H,1-2H3,(H2,19,22)(H,20,21);4-7H,1-3H3. The van der Waals surface area contributed by atoms with E-state index in [1.807, 2.05) is 49.4 Å². The number of pyridine rings is 1. The number of hydrogen-bond acceptors (Lipinski definition) is 6. The maximum absolute atomic E-state index is 11.8. The molecular weight excluding hydrogens is 488 g/mol. The van der Waals surface area contributed by atoms with Crippen LogP contribution in [0.15, 0.2) is 77.8 Å². The van der Waals surface area contributed by atoms with Gasteiger partial charge in [0.2, 0.25) is 0 Å². The highest BCUT2D eigenvalue weighted by atomic mass is 32.2. The second-order valence-corrected chi connectivity index (χ2v) is 9.85. The lowest BCUT2D eigenvalue weighted by Gasteiger charge is -2.14. The number of benzene rings is 3. The van der Waals surface area contributed by atoms with Crippen molar-refractivity contribution >= 4 is 44.9 Å². The number of rotatable bonds is 6. The van der Waals surface area contributed by atoms with Crippen molar-refractivity contribution in [1.82, 2.24) is 9.88 Å². The van der Waals surface area contributed by atoms with Gasteiger partial charge in [0.05, 0.1) is 23.9 Å². The van der Waals surface area contributed by atoms with Gasteiger partial charge < -0.3 is 20.7 Å². The van der Waals surface area contributed by atoms with Crippen LogP contribution in [0.4, 0.5) is 11.4 Å². The molecule has 0 radical (unpaired) electrons. The molecule has 0 saturated carbocycles. The number of nitrogens with two attached hydrogens (primary N) is 1. The summed E-state index contributed by atoms with van der Waals surface area (Å²) in [6, 6.07) is 20.3. The summed E-state index contributed by atoms with van der Waals surface area (Å²) in [6.45, 7) is 1.99. The van der Waals surface area contributed by atoms with Crippen LogP contribution in [0.2, 0.25) is 0 Å². The Morgan fingerprint density at radius 3 is 2.41 bits per heavy atom. The van der Waals surface area contributed by atoms with E-state index in [1.54, 1.807) is 51.7 Å². The van der Waals surface area contributed by atoms with E-state index in [1.165, 1.54) is 11.1 Å². The number of hydrogen-bond donors (Lipinski definition) is 2. The molecule has 8 nitrogen and oxygen atoms in total. The third kappa shape index (κ3) is 6.92. The molecular formula is C28H30N4O4S. The molecule has 4 aromatic rings. The summed E-state index contributed by atoms with van der Waals surface area (Å²) in [5.41, 5.74) is 9.77. The van der Waals surface area contributed by atoms with Gasteiger partial charge in [0.25, 0.3) is 11.8 Å². The Bertz CT molecular complexity index is 1470. The number of aryl methyl sites for hydroxylation is 1. The molecule has 1 aromatic heterocycles. The highest BCUT2D eigenvalue weighted by molar-refractivity contribution is 7.84. The van der Waals surface area contributed by atoms with Gasteiger partial charge in [0, 0.05) is 64.9 Å². The summed E-state index contributed by atoms with van der Waals surface area (Å²) in [5, 5.41) is 4.13. The third-order valence-corrected chi connectivity index (χ3v) is 6.36. The summed E-state index contributed by atoms with van der Waals surface area (Å²) < 4.78 is 16.4. The number of nitrogens with zero attached hydrogens (tertiary/aromatic N) is 2. The Labute approximate surface area is 218 Å². The number of carbonyl (C=O) groups excluding carboxylic acids is 2. The molecule has 9 heteroatoms. The van der Waals surface area contributed by atoms with Crippen LogP contribution in [0.25, 0.3) is 10.9 Å². The second-order valence-electron chi connectivity index (χ2n) is 8.47. The van der Waals surface area contributed by atoms with Crippen molar-refractivity contribution in [3.8, 4) is 5.75 Å². The molecule has 37 heavy (non-hydrogen) atoms. The molecule has 192 valence electrons. The number of fused-ring (bicyclic) bond motifs is 1. The zero-order chi connectivity index (χ0) is 27.1. The fourth-order valence-electron chi connectivity index (χ4n) is 3.54. The number of methoxy groups -OCH3 is 1. The van der Waals surface area contributed by atoms with Crippen molar-refractivity contribution in [3.63, 3.8) is 0 Å². The minimum Gasteiger partial charge on any atom is -0.497 e. The van der Waals surface area contributed by atoms with E-state index < -0.39 is 16.7 Å². The monoisotopic (exact) mass is 518 g/mol. The van der Waals surface area contributed by atoms with Crippen molar-refractivity contribution in [2.75, 3.05) is 32.8 Å². The number of aromatic nitrogens is 1. The molecule has 4 rings (SSSR count). The number of ether oxygens (including phenoxy) is 1. The van der Waals surface area contributed by atoms with Crippen LogP contribution < -0.4 is 15.8 Å². The molecule has 1 heterocycles. The largest absolute Gasteiger partial charge is 0.497 e.